The van der Waals surface area contributed by atoms with Gasteiger partial charge in [-0.25, -0.2) is 18.4 Å². The third-order valence-corrected chi connectivity index (χ3v) is 15.4. The molecule has 420 valence electrons. The number of hydrogen-bond donors (Lipinski definition) is 2. The van der Waals surface area contributed by atoms with Gasteiger partial charge in [0.2, 0.25) is 11.8 Å². The summed E-state index contributed by atoms with van der Waals surface area (Å²) in [6.07, 6.45) is 3.95. The molecule has 18 heteroatoms. The van der Waals surface area contributed by atoms with E-state index >= 15 is 0 Å². The Kier molecular flexibility index (Phi) is 21.7. The maximum atomic E-state index is 14.9. The number of carbonyl (C=O) groups is 2. The van der Waals surface area contributed by atoms with Crippen molar-refractivity contribution in [3.63, 3.8) is 0 Å². The Hall–Kier alpha value is -5.16. The van der Waals surface area contributed by atoms with Gasteiger partial charge in [-0.05, 0) is 188 Å². The molecule has 0 aliphatic heterocycles. The molecule has 0 unspecified atom stereocenters. The molecule has 8 aromatic rings. The molecule has 0 radical (unpaired) electrons. The molecule has 3 N–H and O–H groups in total. The van der Waals surface area contributed by atoms with E-state index in [0.29, 0.717) is 66.8 Å². The zero-order valence-electron chi connectivity index (χ0n) is 46.0. The van der Waals surface area contributed by atoms with E-state index < -0.39 is 23.0 Å². The van der Waals surface area contributed by atoms with Gasteiger partial charge in [-0.1, -0.05) is 60.7 Å². The molecule has 0 atom stereocenters. The number of benzene rings is 4. The van der Waals surface area contributed by atoms with Crippen LogP contribution in [0.2, 0.25) is 0 Å². The monoisotopic (exact) mass is 1650 g/mol. The van der Waals surface area contributed by atoms with Crippen LogP contribution in [0.25, 0.3) is 44.2 Å². The van der Waals surface area contributed by atoms with E-state index in [0.717, 1.165) is 44.0 Å². The molecule has 2 fully saturated rings. The van der Waals surface area contributed by atoms with E-state index in [1.54, 1.807) is 59.4 Å². The zero-order valence-corrected chi connectivity index (χ0v) is 56.1. The van der Waals surface area contributed by atoms with E-state index in [1.165, 1.54) is 12.1 Å². The Morgan fingerprint density at radius 2 is 1.01 bits per heavy atom. The van der Waals surface area contributed by atoms with Crippen molar-refractivity contribution in [2.75, 3.05) is 0 Å². The van der Waals surface area contributed by atoms with Gasteiger partial charge in [-0.3, -0.25) is 19.2 Å². The number of amides is 2. The SMILES string of the molecule is Cc1c(Cc2ccc(I)cc2F)c2c(=O)n(C3CC3)c(C)c(-c3cccc(CC(=O)NC(C)(C)C)c3)c2oc1=O.Cc1c(Cc2ccc(I)cc2F)c2c(=O)n(C3CC3)c(C)c(-c3cccc(CC(N)=O)c3)c2oc1=O.[CH3-].[CH3-].[W].[W]. The molecule has 4 aromatic carbocycles. The van der Waals surface area contributed by atoms with Crippen LogP contribution in [-0.2, 0) is 77.4 Å². The fourth-order valence-corrected chi connectivity index (χ4v) is 11.1. The summed E-state index contributed by atoms with van der Waals surface area (Å²) in [5.74, 6) is -1.33. The normalized spacial score (nSPS) is 12.8. The van der Waals surface area contributed by atoms with Crippen LogP contribution < -0.4 is 33.4 Å². The largest absolute Gasteiger partial charge is 0.422 e. The van der Waals surface area contributed by atoms with Gasteiger partial charge >= 0.3 is 11.3 Å². The van der Waals surface area contributed by atoms with Gasteiger partial charge in [0.25, 0.3) is 11.1 Å². The van der Waals surface area contributed by atoms with E-state index in [9.17, 15) is 37.5 Å². The van der Waals surface area contributed by atoms with Crippen molar-refractivity contribution in [3.05, 3.63) is 216 Å². The van der Waals surface area contributed by atoms with Crippen molar-refractivity contribution in [2.45, 2.75) is 117 Å². The van der Waals surface area contributed by atoms with Crippen LogP contribution in [0.5, 0.6) is 0 Å². The Morgan fingerprint density at radius 1 is 0.625 bits per heavy atom. The first-order valence-electron chi connectivity index (χ1n) is 25.1. The third-order valence-electron chi connectivity index (χ3n) is 14.0. The van der Waals surface area contributed by atoms with Crippen LogP contribution in [0, 0.1) is 61.3 Å². The number of nitrogens with zero attached hydrogens (tertiary/aromatic N) is 2. The summed E-state index contributed by atoms with van der Waals surface area (Å²) in [6, 6.07) is 24.8. The number of fused-ring (bicyclic) bond motifs is 2. The van der Waals surface area contributed by atoms with Crippen molar-refractivity contribution in [1.29, 1.82) is 0 Å². The van der Waals surface area contributed by atoms with Crippen LogP contribution in [0.3, 0.4) is 0 Å². The first kappa shape index (κ1) is 65.6. The minimum atomic E-state index is -0.569. The number of pyridine rings is 2. The zero-order chi connectivity index (χ0) is 54.7. The third kappa shape index (κ3) is 14.0. The van der Waals surface area contributed by atoms with Gasteiger partial charge in [0, 0.05) is 113 Å². The van der Waals surface area contributed by atoms with Gasteiger partial charge in [0.1, 0.15) is 11.6 Å². The Labute approximate surface area is 519 Å². The molecular formula is C62H62F2I2N4O8W2-2. The Morgan fingerprint density at radius 3 is 1.36 bits per heavy atom. The van der Waals surface area contributed by atoms with Crippen LogP contribution in [0.1, 0.15) is 114 Å². The standard InChI is InChI=1S/C32H32FIN2O4.C28H24FIN2O4.2CH3.2W/c1-17-24(15-20-9-10-22(34)16-25(20)33)28-29(40-31(17)39)27(18(2)36(30(28)38)23-11-12-23)21-8-6-7-19(13-21)14-26(37)35-32(3,4)5;1-14-21(12-17-6-7-19(30)13-22(17)29)25-26(36-28(14)35)24(15(2)32(27(25)34)20-8-9-20)18-5-3-4-16(10-18)11-23(31)33;;;;/h6-10,13,16,23H,11-12,14-15H2,1-5H3,(H,35,37);3-7,10,13,20H,8-9,11-12H2,1-2H3,(H2,31,33);2*1H3;;/q;;2*-1;;. The molecule has 0 spiro atoms. The number of primary amides is 1. The van der Waals surface area contributed by atoms with E-state index in [-0.39, 0.29) is 145 Å². The van der Waals surface area contributed by atoms with Gasteiger partial charge < -0.3 is 43.9 Å². The maximum absolute atomic E-state index is 14.9. The number of aromatic nitrogens is 2. The fourth-order valence-electron chi connectivity index (χ4n) is 10.2. The first-order valence-corrected chi connectivity index (χ1v) is 27.2. The summed E-state index contributed by atoms with van der Waals surface area (Å²) in [6.45, 7) is 12.7. The molecule has 2 aliphatic carbocycles. The molecule has 2 amide bonds. The van der Waals surface area contributed by atoms with Crippen molar-refractivity contribution in [2.24, 2.45) is 5.73 Å². The number of hydrogen-bond acceptors (Lipinski definition) is 8. The molecule has 80 heavy (non-hydrogen) atoms. The van der Waals surface area contributed by atoms with E-state index in [4.69, 9.17) is 14.6 Å². The molecular weight excluding hydrogens is 1590 g/mol. The average Bonchev–Trinajstić information content (AvgIpc) is 4.36. The van der Waals surface area contributed by atoms with E-state index in [1.807, 2.05) is 116 Å². The predicted molar refractivity (Wildman–Crippen MR) is 321 cm³/mol. The van der Waals surface area contributed by atoms with Crippen LogP contribution in [0.15, 0.2) is 113 Å². The number of carbonyl (C=O) groups excluding carboxylic acids is 2. The van der Waals surface area contributed by atoms with Crippen molar-refractivity contribution in [1.82, 2.24) is 14.5 Å². The van der Waals surface area contributed by atoms with Gasteiger partial charge in [-0.2, -0.15) is 0 Å². The van der Waals surface area contributed by atoms with Crippen LogP contribution in [-0.4, -0.2) is 26.5 Å². The second-order valence-electron chi connectivity index (χ2n) is 21.0. The Balaban J connectivity index is 0.000000281. The maximum Gasteiger partial charge on any atom is 0.339 e. The smallest absolute Gasteiger partial charge is 0.339 e. The van der Waals surface area contributed by atoms with Crippen molar-refractivity contribution >= 4 is 78.9 Å². The molecule has 2 aliphatic rings. The summed E-state index contributed by atoms with van der Waals surface area (Å²) >= 11 is 4.09. The Bertz CT molecular complexity index is 3970. The molecule has 2 saturated carbocycles. The minimum Gasteiger partial charge on any atom is -0.422 e. The average molecular weight is 1650 g/mol. The van der Waals surface area contributed by atoms with Crippen LogP contribution >= 0.6 is 45.2 Å². The number of nitrogens with two attached hydrogens (primary N) is 1. The number of halogens is 4. The molecule has 10 rings (SSSR count). The molecule has 0 saturated heterocycles. The summed E-state index contributed by atoms with van der Waals surface area (Å²) < 4.78 is 46.5. The summed E-state index contributed by atoms with van der Waals surface area (Å²) in [5.41, 5.74) is 11.8. The molecule has 12 nitrogen and oxygen atoms in total. The summed E-state index contributed by atoms with van der Waals surface area (Å²) in [5, 5.41) is 3.58. The predicted octanol–water partition coefficient (Wildman–Crippen LogP) is 12.2. The summed E-state index contributed by atoms with van der Waals surface area (Å²) in [4.78, 5) is 78.2. The first-order chi connectivity index (χ1) is 36.0. The quantitative estimate of drug-likeness (QED) is 0.0897. The van der Waals surface area contributed by atoms with Gasteiger partial charge in [0.05, 0.1) is 23.6 Å². The molecule has 4 aromatic heterocycles. The van der Waals surface area contributed by atoms with Gasteiger partial charge in [-0.15, -0.1) is 0 Å². The molecule has 0 bridgehead atoms. The van der Waals surface area contributed by atoms with Crippen LogP contribution in [0.4, 0.5) is 8.78 Å². The minimum absolute atomic E-state index is 0. The van der Waals surface area contributed by atoms with Crippen molar-refractivity contribution in [3.8, 4) is 22.3 Å². The second-order valence-corrected chi connectivity index (χ2v) is 23.5. The van der Waals surface area contributed by atoms with E-state index in [2.05, 4.69) is 5.32 Å². The number of nitrogens with one attached hydrogen (secondary N) is 1. The number of rotatable bonds is 12. The van der Waals surface area contributed by atoms with Crippen molar-refractivity contribution < 1.29 is 69.3 Å². The molecule has 4 heterocycles. The summed E-state index contributed by atoms with van der Waals surface area (Å²) in [7, 11) is 0. The second kappa shape index (κ2) is 26.4. The topological polar surface area (TPSA) is 177 Å². The van der Waals surface area contributed by atoms with Gasteiger partial charge in [0.15, 0.2) is 11.2 Å². The fraction of sp³-hybridized carbons (Fsp3) is 0.290.